The molecule has 2 aliphatic heterocycles. The molecule has 0 atom stereocenters. The molecule has 0 bridgehead atoms. The summed E-state index contributed by atoms with van der Waals surface area (Å²) in [5.74, 6) is 1.41. The Bertz CT molecular complexity index is 2040. The summed E-state index contributed by atoms with van der Waals surface area (Å²) < 4.78 is 0. The number of piperidine rings is 2. The molecule has 4 nitrogen and oxygen atoms in total. The first-order chi connectivity index (χ1) is 29.6. The predicted octanol–water partition coefficient (Wildman–Crippen LogP) is 11.7. The number of likely N-dealkylation sites (tertiary alicyclic amines) is 2. The zero-order chi connectivity index (χ0) is 41.3. The molecule has 2 fully saturated rings. The van der Waals surface area contributed by atoms with Gasteiger partial charge in [0.2, 0.25) is 0 Å². The molecule has 2 N–H and O–H groups in total. The second kappa shape index (κ2) is 21.8. The molecule has 60 heavy (non-hydrogen) atoms. The van der Waals surface area contributed by atoms with Crippen LogP contribution in [0.4, 0.5) is 0 Å². The zero-order valence-corrected chi connectivity index (χ0v) is 35.5. The van der Waals surface area contributed by atoms with Crippen molar-refractivity contribution < 1.29 is 0 Å². The Morgan fingerprint density at radius 2 is 0.767 bits per heavy atom. The Balaban J connectivity index is 0.000000181. The molecule has 0 radical (unpaired) electrons. The van der Waals surface area contributed by atoms with E-state index in [0.29, 0.717) is 12.5 Å². The number of hydrogen-bond donors (Lipinski definition) is 1. The molecular formula is C56H64N4. The van der Waals surface area contributed by atoms with Crippen molar-refractivity contribution in [3.8, 4) is 6.07 Å². The summed E-state index contributed by atoms with van der Waals surface area (Å²) >= 11 is 0. The van der Waals surface area contributed by atoms with Crippen molar-refractivity contribution in [2.75, 3.05) is 45.8 Å². The molecular weight excluding hydrogens is 729 g/mol. The fraction of sp³-hybridized carbons (Fsp3) is 0.339. The van der Waals surface area contributed by atoms with E-state index in [-0.39, 0.29) is 5.41 Å². The summed E-state index contributed by atoms with van der Waals surface area (Å²) in [4.78, 5) is 5.23. The number of rotatable bonds is 15. The molecule has 4 heteroatoms. The summed E-state index contributed by atoms with van der Waals surface area (Å²) in [6.07, 6.45) is 9.10. The highest BCUT2D eigenvalue weighted by Gasteiger charge is 2.35. The van der Waals surface area contributed by atoms with Gasteiger partial charge in [-0.1, -0.05) is 182 Å². The lowest BCUT2D eigenvalue weighted by Crippen LogP contribution is -2.38. The van der Waals surface area contributed by atoms with Crippen LogP contribution in [0.3, 0.4) is 0 Å². The second-order valence-electron chi connectivity index (χ2n) is 17.0. The van der Waals surface area contributed by atoms with Crippen LogP contribution in [-0.4, -0.2) is 55.6 Å². The van der Waals surface area contributed by atoms with Gasteiger partial charge in [-0.25, -0.2) is 0 Å². The molecule has 0 aromatic heterocycles. The average molecular weight is 793 g/mol. The van der Waals surface area contributed by atoms with Gasteiger partial charge in [-0.2, -0.15) is 5.26 Å². The van der Waals surface area contributed by atoms with E-state index < -0.39 is 5.41 Å². The predicted molar refractivity (Wildman–Crippen MR) is 250 cm³/mol. The van der Waals surface area contributed by atoms with Crippen LogP contribution in [-0.2, 0) is 10.8 Å². The minimum Gasteiger partial charge on any atom is -0.329 e. The summed E-state index contributed by atoms with van der Waals surface area (Å²) in [7, 11) is 0. The lowest BCUT2D eigenvalue weighted by molar-refractivity contribution is 0.204. The second-order valence-corrected chi connectivity index (χ2v) is 17.0. The molecule has 6 aromatic rings. The number of nitrogens with two attached hydrogens (primary N) is 1. The van der Waals surface area contributed by atoms with E-state index in [9.17, 15) is 5.26 Å². The Morgan fingerprint density at radius 1 is 0.450 bits per heavy atom. The number of nitriles is 1. The van der Waals surface area contributed by atoms with E-state index in [1.807, 2.05) is 36.4 Å². The van der Waals surface area contributed by atoms with E-state index in [4.69, 9.17) is 5.73 Å². The van der Waals surface area contributed by atoms with E-state index >= 15 is 0 Å². The van der Waals surface area contributed by atoms with Crippen molar-refractivity contribution in [2.24, 2.45) is 5.73 Å². The first kappa shape index (κ1) is 42.8. The normalized spacial score (nSPS) is 15.7. The lowest BCUT2D eigenvalue weighted by atomic mass is 9.71. The first-order valence-electron chi connectivity index (χ1n) is 22.5. The third-order valence-electron chi connectivity index (χ3n) is 13.5. The quantitative estimate of drug-likeness (QED) is 0.113. The van der Waals surface area contributed by atoms with E-state index in [1.54, 1.807) is 0 Å². The van der Waals surface area contributed by atoms with Crippen molar-refractivity contribution in [3.05, 3.63) is 215 Å². The summed E-state index contributed by atoms with van der Waals surface area (Å²) in [5.41, 5.74) is 13.6. The fourth-order valence-electron chi connectivity index (χ4n) is 10.00. The maximum Gasteiger partial charge on any atom is 0.107 e. The maximum absolute atomic E-state index is 10.3. The molecule has 0 aliphatic carbocycles. The standard InChI is InChI=1S/C28H34N2.C28H30N2/c2*29-23-28(26-13-6-2-7-14-26,27-15-8-3-9-16-27)19-10-20-30-21-17-25(18-22-30)24-11-4-1-5-12-24/h1-9,11-16,25H,10,17-23,29H2;1-9,11-16,25H,10,17-22H2. The minimum atomic E-state index is -0.578. The zero-order valence-electron chi connectivity index (χ0n) is 35.5. The molecule has 0 unspecified atom stereocenters. The van der Waals surface area contributed by atoms with Crippen LogP contribution in [0, 0.1) is 11.3 Å². The van der Waals surface area contributed by atoms with Gasteiger partial charge in [-0.15, -0.1) is 0 Å². The van der Waals surface area contributed by atoms with Gasteiger partial charge in [0.1, 0.15) is 5.41 Å². The van der Waals surface area contributed by atoms with Gasteiger partial charge in [-0.3, -0.25) is 0 Å². The van der Waals surface area contributed by atoms with Crippen LogP contribution in [0.15, 0.2) is 182 Å². The Hall–Kier alpha value is -5.31. The van der Waals surface area contributed by atoms with Crippen molar-refractivity contribution in [2.45, 2.75) is 74.0 Å². The van der Waals surface area contributed by atoms with Crippen LogP contribution in [0.2, 0.25) is 0 Å². The van der Waals surface area contributed by atoms with Gasteiger partial charge in [0.05, 0.1) is 6.07 Å². The number of benzene rings is 6. The lowest BCUT2D eigenvalue weighted by Gasteiger charge is -2.36. The number of nitrogens with zero attached hydrogens (tertiary/aromatic N) is 3. The fourth-order valence-corrected chi connectivity index (χ4v) is 10.00. The summed E-state index contributed by atoms with van der Waals surface area (Å²) in [6, 6.07) is 66.9. The topological polar surface area (TPSA) is 56.3 Å². The molecule has 2 aliphatic rings. The molecule has 2 saturated heterocycles. The van der Waals surface area contributed by atoms with Gasteiger partial charge in [0.25, 0.3) is 0 Å². The molecule has 0 amide bonds. The van der Waals surface area contributed by atoms with Gasteiger partial charge in [0, 0.05) is 12.0 Å². The van der Waals surface area contributed by atoms with Crippen molar-refractivity contribution in [1.82, 2.24) is 9.80 Å². The Kier molecular flexibility index (Phi) is 15.6. The smallest absolute Gasteiger partial charge is 0.107 e. The highest BCUT2D eigenvalue weighted by Crippen LogP contribution is 2.38. The Labute approximate surface area is 360 Å². The monoisotopic (exact) mass is 793 g/mol. The van der Waals surface area contributed by atoms with E-state index in [1.165, 1.54) is 61.0 Å². The largest absolute Gasteiger partial charge is 0.329 e. The van der Waals surface area contributed by atoms with Crippen LogP contribution >= 0.6 is 0 Å². The van der Waals surface area contributed by atoms with Gasteiger partial charge in [0.15, 0.2) is 0 Å². The SMILES string of the molecule is N#CC(CCCN1CCC(c2ccccc2)CC1)(c1ccccc1)c1ccccc1.NCC(CCCN1CCC(c2ccccc2)CC1)(c1ccccc1)c1ccccc1. The van der Waals surface area contributed by atoms with Crippen molar-refractivity contribution >= 4 is 0 Å². The van der Waals surface area contributed by atoms with Gasteiger partial charge in [-0.05, 0) is 136 Å². The molecule has 2 heterocycles. The third kappa shape index (κ3) is 10.7. The Morgan fingerprint density at radius 3 is 1.10 bits per heavy atom. The highest BCUT2D eigenvalue weighted by molar-refractivity contribution is 5.46. The van der Waals surface area contributed by atoms with E-state index in [0.717, 1.165) is 68.9 Å². The minimum absolute atomic E-state index is 0.106. The van der Waals surface area contributed by atoms with Gasteiger partial charge < -0.3 is 15.5 Å². The summed E-state index contributed by atoms with van der Waals surface area (Å²) in [6.45, 7) is 7.55. The van der Waals surface area contributed by atoms with Crippen LogP contribution in [0.1, 0.15) is 96.6 Å². The van der Waals surface area contributed by atoms with E-state index in [2.05, 4.69) is 161 Å². The number of hydrogen-bond acceptors (Lipinski definition) is 4. The highest BCUT2D eigenvalue weighted by atomic mass is 15.1. The van der Waals surface area contributed by atoms with Crippen LogP contribution in [0.5, 0.6) is 0 Å². The van der Waals surface area contributed by atoms with Crippen molar-refractivity contribution in [3.63, 3.8) is 0 Å². The van der Waals surface area contributed by atoms with Crippen LogP contribution < -0.4 is 5.73 Å². The third-order valence-corrected chi connectivity index (χ3v) is 13.5. The molecule has 0 spiro atoms. The van der Waals surface area contributed by atoms with Gasteiger partial charge >= 0.3 is 0 Å². The molecule has 8 rings (SSSR count). The first-order valence-corrected chi connectivity index (χ1v) is 22.5. The molecule has 308 valence electrons. The molecule has 0 saturated carbocycles. The van der Waals surface area contributed by atoms with Crippen molar-refractivity contribution in [1.29, 1.82) is 5.26 Å². The summed E-state index contributed by atoms with van der Waals surface area (Å²) in [5, 5.41) is 10.3. The molecule has 6 aromatic carbocycles. The maximum atomic E-state index is 10.3. The van der Waals surface area contributed by atoms with Crippen LogP contribution in [0.25, 0.3) is 0 Å². The average Bonchev–Trinajstić information content (AvgIpc) is 3.34.